The number of rotatable bonds is 5. The van der Waals surface area contributed by atoms with Crippen molar-refractivity contribution in [3.8, 4) is 0 Å². The van der Waals surface area contributed by atoms with Gasteiger partial charge in [0.05, 0.1) is 6.54 Å². The molecule has 0 saturated carbocycles. The van der Waals surface area contributed by atoms with Crippen LogP contribution in [0.1, 0.15) is 18.2 Å². The normalized spacial score (nSPS) is 19.1. The van der Waals surface area contributed by atoms with E-state index in [0.29, 0.717) is 12.1 Å². The first-order chi connectivity index (χ1) is 9.49. The van der Waals surface area contributed by atoms with E-state index in [1.54, 1.807) is 4.90 Å². The number of hydrogen-bond acceptors (Lipinski definition) is 3. The highest BCUT2D eigenvalue weighted by Gasteiger charge is 2.32. The lowest BCUT2D eigenvalue weighted by atomic mass is 10.1. The van der Waals surface area contributed by atoms with E-state index in [0.717, 1.165) is 19.0 Å². The highest BCUT2D eigenvalue weighted by atomic mass is 19.1. The first-order valence-corrected chi connectivity index (χ1v) is 6.61. The van der Waals surface area contributed by atoms with Crippen molar-refractivity contribution in [2.45, 2.75) is 12.6 Å². The van der Waals surface area contributed by atoms with E-state index in [1.807, 2.05) is 19.0 Å². The second-order valence-electron chi connectivity index (χ2n) is 5.19. The molecule has 1 aliphatic rings. The number of halogens is 2. The molecule has 0 aromatic heterocycles. The van der Waals surface area contributed by atoms with Gasteiger partial charge >= 0.3 is 0 Å². The van der Waals surface area contributed by atoms with Gasteiger partial charge in [-0.2, -0.15) is 0 Å². The summed E-state index contributed by atoms with van der Waals surface area (Å²) in [4.78, 5) is 15.5. The maximum atomic E-state index is 13.8. The molecule has 0 bridgehead atoms. The van der Waals surface area contributed by atoms with Crippen LogP contribution >= 0.6 is 0 Å². The highest BCUT2D eigenvalue weighted by molar-refractivity contribution is 5.80. The Labute approximate surface area is 117 Å². The number of hydrogen-bond donors (Lipinski definition) is 1. The summed E-state index contributed by atoms with van der Waals surface area (Å²) < 4.78 is 26.8. The quantitative estimate of drug-likeness (QED) is 0.886. The van der Waals surface area contributed by atoms with Gasteiger partial charge < -0.3 is 9.80 Å². The fourth-order valence-corrected chi connectivity index (χ4v) is 2.35. The topological polar surface area (TPSA) is 35.6 Å². The van der Waals surface area contributed by atoms with E-state index in [2.05, 4.69) is 5.32 Å². The summed E-state index contributed by atoms with van der Waals surface area (Å²) in [6, 6.07) is 3.44. The Hall–Kier alpha value is -1.53. The SMILES string of the molecule is CN(C)CCCN1C(=O)CNC1c1ccc(F)cc1F. The van der Waals surface area contributed by atoms with Crippen LogP contribution in [0.2, 0.25) is 0 Å². The molecule has 1 aliphatic heterocycles. The summed E-state index contributed by atoms with van der Waals surface area (Å²) in [5, 5.41) is 2.97. The third-order valence-electron chi connectivity index (χ3n) is 3.34. The minimum Gasteiger partial charge on any atom is -0.322 e. The number of nitrogens with zero attached hydrogens (tertiary/aromatic N) is 2. The zero-order valence-electron chi connectivity index (χ0n) is 11.7. The molecule has 1 heterocycles. The van der Waals surface area contributed by atoms with Crippen LogP contribution < -0.4 is 5.32 Å². The van der Waals surface area contributed by atoms with Crippen molar-refractivity contribution in [1.82, 2.24) is 15.1 Å². The molecule has 1 unspecified atom stereocenters. The Kier molecular flexibility index (Phi) is 4.67. The van der Waals surface area contributed by atoms with Crippen LogP contribution in [0.4, 0.5) is 8.78 Å². The Morgan fingerprint density at radius 2 is 2.15 bits per heavy atom. The molecule has 1 saturated heterocycles. The Bertz CT molecular complexity index is 493. The molecule has 2 rings (SSSR count). The van der Waals surface area contributed by atoms with Crippen molar-refractivity contribution in [3.05, 3.63) is 35.4 Å². The first-order valence-electron chi connectivity index (χ1n) is 6.61. The molecule has 20 heavy (non-hydrogen) atoms. The minimum atomic E-state index is -0.630. The average Bonchev–Trinajstić information content (AvgIpc) is 2.71. The third kappa shape index (κ3) is 3.32. The summed E-state index contributed by atoms with van der Waals surface area (Å²) in [7, 11) is 3.92. The van der Waals surface area contributed by atoms with Gasteiger partial charge in [-0.1, -0.05) is 0 Å². The first kappa shape index (κ1) is 14.9. The van der Waals surface area contributed by atoms with Crippen molar-refractivity contribution in [1.29, 1.82) is 0 Å². The van der Waals surface area contributed by atoms with Gasteiger partial charge in [0, 0.05) is 18.2 Å². The molecule has 110 valence electrons. The lowest BCUT2D eigenvalue weighted by molar-refractivity contribution is -0.128. The lowest BCUT2D eigenvalue weighted by Crippen LogP contribution is -2.33. The van der Waals surface area contributed by atoms with Gasteiger partial charge in [0.25, 0.3) is 0 Å². The number of benzene rings is 1. The van der Waals surface area contributed by atoms with Crippen LogP contribution in [-0.4, -0.2) is 49.4 Å². The number of carbonyl (C=O) groups excluding carboxylic acids is 1. The minimum absolute atomic E-state index is 0.0579. The van der Waals surface area contributed by atoms with Gasteiger partial charge in [0.15, 0.2) is 0 Å². The zero-order chi connectivity index (χ0) is 14.7. The number of nitrogens with one attached hydrogen (secondary N) is 1. The predicted molar refractivity (Wildman–Crippen MR) is 72.0 cm³/mol. The van der Waals surface area contributed by atoms with E-state index in [1.165, 1.54) is 12.1 Å². The Morgan fingerprint density at radius 3 is 2.80 bits per heavy atom. The molecule has 0 radical (unpaired) electrons. The Morgan fingerprint density at radius 1 is 1.40 bits per heavy atom. The van der Waals surface area contributed by atoms with Crippen LogP contribution in [0.5, 0.6) is 0 Å². The van der Waals surface area contributed by atoms with Gasteiger partial charge in [-0.3, -0.25) is 10.1 Å². The molecule has 1 amide bonds. The maximum absolute atomic E-state index is 13.8. The molecule has 0 aliphatic carbocycles. The van der Waals surface area contributed by atoms with E-state index < -0.39 is 17.8 Å². The molecule has 0 spiro atoms. The average molecular weight is 283 g/mol. The lowest BCUT2D eigenvalue weighted by Gasteiger charge is -2.25. The van der Waals surface area contributed by atoms with Crippen molar-refractivity contribution in [2.24, 2.45) is 0 Å². The maximum Gasteiger partial charge on any atom is 0.238 e. The molecule has 1 N–H and O–H groups in total. The molecule has 4 nitrogen and oxygen atoms in total. The standard InChI is InChI=1S/C14H19F2N3O/c1-18(2)6-3-7-19-13(20)9-17-14(19)11-5-4-10(15)8-12(11)16/h4-5,8,14,17H,3,6-7,9H2,1-2H3. The largest absolute Gasteiger partial charge is 0.322 e. The fourth-order valence-electron chi connectivity index (χ4n) is 2.35. The van der Waals surface area contributed by atoms with Crippen LogP contribution in [-0.2, 0) is 4.79 Å². The van der Waals surface area contributed by atoms with E-state index in [4.69, 9.17) is 0 Å². The zero-order valence-corrected chi connectivity index (χ0v) is 11.7. The van der Waals surface area contributed by atoms with E-state index >= 15 is 0 Å². The van der Waals surface area contributed by atoms with E-state index in [-0.39, 0.29) is 12.5 Å². The second kappa shape index (κ2) is 6.28. The summed E-state index contributed by atoms with van der Waals surface area (Å²) in [5.41, 5.74) is 0.308. The summed E-state index contributed by atoms with van der Waals surface area (Å²) in [6.45, 7) is 1.58. The summed E-state index contributed by atoms with van der Waals surface area (Å²) in [6.07, 6.45) is 0.296. The van der Waals surface area contributed by atoms with Crippen molar-refractivity contribution >= 4 is 5.91 Å². The van der Waals surface area contributed by atoms with Gasteiger partial charge in [-0.25, -0.2) is 8.78 Å². The smallest absolute Gasteiger partial charge is 0.238 e. The van der Waals surface area contributed by atoms with Gasteiger partial charge in [0.2, 0.25) is 5.91 Å². The number of carbonyl (C=O) groups is 1. The monoisotopic (exact) mass is 283 g/mol. The fraction of sp³-hybridized carbons (Fsp3) is 0.500. The molecule has 1 aromatic rings. The Balaban J connectivity index is 2.11. The van der Waals surface area contributed by atoms with Crippen LogP contribution in [0.15, 0.2) is 18.2 Å². The molecule has 6 heteroatoms. The molecule has 1 atom stereocenters. The highest BCUT2D eigenvalue weighted by Crippen LogP contribution is 2.25. The van der Waals surface area contributed by atoms with E-state index in [9.17, 15) is 13.6 Å². The molecular formula is C14H19F2N3O. The van der Waals surface area contributed by atoms with Gasteiger partial charge in [-0.05, 0) is 39.2 Å². The van der Waals surface area contributed by atoms with Gasteiger partial charge in [-0.15, -0.1) is 0 Å². The predicted octanol–water partition coefficient (Wildman–Crippen LogP) is 1.35. The second-order valence-corrected chi connectivity index (χ2v) is 5.19. The third-order valence-corrected chi connectivity index (χ3v) is 3.34. The van der Waals surface area contributed by atoms with Crippen molar-refractivity contribution in [2.75, 3.05) is 33.7 Å². The molecular weight excluding hydrogens is 264 g/mol. The van der Waals surface area contributed by atoms with Gasteiger partial charge in [0.1, 0.15) is 17.8 Å². The van der Waals surface area contributed by atoms with Crippen LogP contribution in [0, 0.1) is 11.6 Å². The number of amides is 1. The summed E-state index contributed by atoms with van der Waals surface area (Å²) >= 11 is 0. The van der Waals surface area contributed by atoms with Crippen LogP contribution in [0.3, 0.4) is 0 Å². The van der Waals surface area contributed by atoms with Crippen molar-refractivity contribution in [3.63, 3.8) is 0 Å². The van der Waals surface area contributed by atoms with Crippen molar-refractivity contribution < 1.29 is 13.6 Å². The van der Waals surface area contributed by atoms with Crippen LogP contribution in [0.25, 0.3) is 0 Å². The summed E-state index contributed by atoms with van der Waals surface area (Å²) in [5.74, 6) is -1.30. The molecule has 1 fully saturated rings. The molecule has 1 aromatic carbocycles.